The summed E-state index contributed by atoms with van der Waals surface area (Å²) in [5, 5.41) is 3.09. The molecule has 0 spiro atoms. The van der Waals surface area contributed by atoms with Gasteiger partial charge in [0, 0.05) is 6.42 Å². The number of rotatable bonds is 4. The Morgan fingerprint density at radius 2 is 1.74 bits per heavy atom. The maximum atomic E-state index is 11.7. The fraction of sp³-hybridized carbons (Fsp3) is 0.235. The van der Waals surface area contributed by atoms with Crippen LogP contribution in [0.25, 0.3) is 0 Å². The van der Waals surface area contributed by atoms with Crippen molar-refractivity contribution in [3.63, 3.8) is 0 Å². The normalized spacial score (nSPS) is 11.9. The Kier molecular flexibility index (Phi) is 4.35. The smallest absolute Gasteiger partial charge is 0.220 e. The molecule has 0 saturated heterocycles. The zero-order chi connectivity index (χ0) is 13.7. The van der Waals surface area contributed by atoms with E-state index < -0.39 is 0 Å². The summed E-state index contributed by atoms with van der Waals surface area (Å²) in [6, 6.07) is 18.3. The Morgan fingerprint density at radius 3 is 2.37 bits per heavy atom. The lowest BCUT2D eigenvalue weighted by atomic mass is 9.97. The maximum Gasteiger partial charge on any atom is 0.220 e. The monoisotopic (exact) mass is 253 g/mol. The van der Waals surface area contributed by atoms with Crippen LogP contribution in [0, 0.1) is 6.92 Å². The third-order valence-corrected chi connectivity index (χ3v) is 3.13. The van der Waals surface area contributed by atoms with Crippen molar-refractivity contribution < 1.29 is 4.79 Å². The number of hydrogen-bond donors (Lipinski definition) is 1. The third kappa shape index (κ3) is 3.44. The summed E-state index contributed by atoms with van der Waals surface area (Å²) >= 11 is 0. The Morgan fingerprint density at radius 1 is 1.05 bits per heavy atom. The van der Waals surface area contributed by atoms with Gasteiger partial charge in [0.2, 0.25) is 5.91 Å². The molecule has 2 rings (SSSR count). The van der Waals surface area contributed by atoms with Gasteiger partial charge >= 0.3 is 0 Å². The van der Waals surface area contributed by atoms with Crippen molar-refractivity contribution in [1.29, 1.82) is 0 Å². The fourth-order valence-corrected chi connectivity index (χ4v) is 2.12. The van der Waals surface area contributed by atoms with E-state index in [1.54, 1.807) is 0 Å². The van der Waals surface area contributed by atoms with Crippen LogP contribution in [-0.4, -0.2) is 5.91 Å². The van der Waals surface area contributed by atoms with E-state index in [9.17, 15) is 4.79 Å². The molecular formula is C17H19NO. The first-order valence-corrected chi connectivity index (χ1v) is 6.61. The predicted molar refractivity (Wildman–Crippen MR) is 77.9 cm³/mol. The van der Waals surface area contributed by atoms with E-state index in [-0.39, 0.29) is 11.9 Å². The molecule has 1 atom stereocenters. The summed E-state index contributed by atoms with van der Waals surface area (Å²) in [7, 11) is 0. The molecular weight excluding hydrogens is 234 g/mol. The van der Waals surface area contributed by atoms with Crippen molar-refractivity contribution in [2.75, 3.05) is 0 Å². The van der Waals surface area contributed by atoms with Crippen LogP contribution >= 0.6 is 0 Å². The average molecular weight is 253 g/mol. The summed E-state index contributed by atoms with van der Waals surface area (Å²) in [4.78, 5) is 11.7. The first-order chi connectivity index (χ1) is 9.20. The molecule has 2 aromatic rings. The van der Waals surface area contributed by atoms with Crippen LogP contribution in [0.4, 0.5) is 0 Å². The van der Waals surface area contributed by atoms with Crippen LogP contribution in [0.1, 0.15) is 36.1 Å². The number of amides is 1. The summed E-state index contributed by atoms with van der Waals surface area (Å²) in [5.41, 5.74) is 3.42. The van der Waals surface area contributed by atoms with Crippen LogP contribution in [-0.2, 0) is 4.79 Å². The first-order valence-electron chi connectivity index (χ1n) is 6.61. The van der Waals surface area contributed by atoms with E-state index in [2.05, 4.69) is 30.4 Å². The molecule has 0 aliphatic heterocycles. The van der Waals surface area contributed by atoms with Gasteiger partial charge in [-0.2, -0.15) is 0 Å². The van der Waals surface area contributed by atoms with Crippen molar-refractivity contribution in [2.24, 2.45) is 0 Å². The largest absolute Gasteiger partial charge is 0.345 e. The molecule has 1 N–H and O–H groups in total. The van der Waals surface area contributed by atoms with Gasteiger partial charge in [-0.05, 0) is 18.1 Å². The van der Waals surface area contributed by atoms with E-state index in [4.69, 9.17) is 0 Å². The van der Waals surface area contributed by atoms with Gasteiger partial charge in [-0.25, -0.2) is 0 Å². The van der Waals surface area contributed by atoms with Gasteiger partial charge in [-0.1, -0.05) is 67.1 Å². The molecule has 0 bridgehead atoms. The standard InChI is InChI=1S/C17H19NO/c1-3-16(19)18-17(14-9-5-4-6-10-14)15-11-7-8-13(2)12-15/h4-12,17H,3H2,1-2H3,(H,18,19)/t17-/m1/s1. The number of aryl methyl sites for hydroxylation is 1. The van der Waals surface area contributed by atoms with Gasteiger partial charge in [-0.15, -0.1) is 0 Å². The van der Waals surface area contributed by atoms with Crippen molar-refractivity contribution in [2.45, 2.75) is 26.3 Å². The molecule has 0 radical (unpaired) electrons. The SMILES string of the molecule is CCC(=O)N[C@H](c1ccccc1)c1cccc(C)c1. The Balaban J connectivity index is 2.37. The third-order valence-electron chi connectivity index (χ3n) is 3.13. The predicted octanol–water partition coefficient (Wildman–Crippen LogP) is 3.61. The lowest BCUT2D eigenvalue weighted by Crippen LogP contribution is -2.28. The molecule has 98 valence electrons. The Bertz CT molecular complexity index is 548. The highest BCUT2D eigenvalue weighted by Crippen LogP contribution is 2.22. The lowest BCUT2D eigenvalue weighted by molar-refractivity contribution is -0.121. The highest BCUT2D eigenvalue weighted by Gasteiger charge is 2.15. The Labute approximate surface area is 114 Å². The second-order valence-corrected chi connectivity index (χ2v) is 4.68. The number of carbonyl (C=O) groups excluding carboxylic acids is 1. The van der Waals surface area contributed by atoms with Crippen molar-refractivity contribution in [1.82, 2.24) is 5.32 Å². The van der Waals surface area contributed by atoms with E-state index in [0.717, 1.165) is 11.1 Å². The molecule has 0 fully saturated rings. The number of hydrogen-bond acceptors (Lipinski definition) is 1. The number of benzene rings is 2. The van der Waals surface area contributed by atoms with Crippen molar-refractivity contribution >= 4 is 5.91 Å². The number of carbonyl (C=O) groups is 1. The molecule has 19 heavy (non-hydrogen) atoms. The van der Waals surface area contributed by atoms with Crippen LogP contribution in [0.2, 0.25) is 0 Å². The minimum Gasteiger partial charge on any atom is -0.345 e. The minimum atomic E-state index is -0.0754. The molecule has 0 aromatic heterocycles. The van der Waals surface area contributed by atoms with Gasteiger partial charge < -0.3 is 5.32 Å². The van der Waals surface area contributed by atoms with Crippen molar-refractivity contribution in [3.8, 4) is 0 Å². The van der Waals surface area contributed by atoms with Crippen LogP contribution in [0.15, 0.2) is 54.6 Å². The summed E-state index contributed by atoms with van der Waals surface area (Å²) in [6.07, 6.45) is 0.495. The van der Waals surface area contributed by atoms with Gasteiger partial charge in [-0.3, -0.25) is 4.79 Å². The van der Waals surface area contributed by atoms with Crippen LogP contribution in [0.3, 0.4) is 0 Å². The summed E-state index contributed by atoms with van der Waals surface area (Å²) in [5.74, 6) is 0.0651. The molecule has 0 aliphatic rings. The molecule has 0 heterocycles. The molecule has 0 saturated carbocycles. The minimum absolute atomic E-state index is 0.0651. The van der Waals surface area contributed by atoms with Gasteiger partial charge in [0.15, 0.2) is 0 Å². The molecule has 2 heteroatoms. The van der Waals surface area contributed by atoms with E-state index in [1.807, 2.05) is 43.3 Å². The maximum absolute atomic E-state index is 11.7. The van der Waals surface area contributed by atoms with Gasteiger partial charge in [0.05, 0.1) is 6.04 Å². The molecule has 2 aromatic carbocycles. The second kappa shape index (κ2) is 6.19. The van der Waals surface area contributed by atoms with Gasteiger partial charge in [0.25, 0.3) is 0 Å². The summed E-state index contributed by atoms with van der Waals surface area (Å²) < 4.78 is 0. The van der Waals surface area contributed by atoms with E-state index in [0.29, 0.717) is 6.42 Å². The molecule has 2 nitrogen and oxygen atoms in total. The first kappa shape index (κ1) is 13.3. The lowest BCUT2D eigenvalue weighted by Gasteiger charge is -2.20. The number of nitrogens with one attached hydrogen (secondary N) is 1. The van der Waals surface area contributed by atoms with Crippen LogP contribution < -0.4 is 5.32 Å². The quantitative estimate of drug-likeness (QED) is 0.886. The second-order valence-electron chi connectivity index (χ2n) is 4.68. The van der Waals surface area contributed by atoms with Crippen molar-refractivity contribution in [3.05, 3.63) is 71.3 Å². The van der Waals surface area contributed by atoms with Gasteiger partial charge in [0.1, 0.15) is 0 Å². The highest BCUT2D eigenvalue weighted by atomic mass is 16.1. The van der Waals surface area contributed by atoms with E-state index in [1.165, 1.54) is 5.56 Å². The fourth-order valence-electron chi connectivity index (χ4n) is 2.12. The highest BCUT2D eigenvalue weighted by molar-refractivity contribution is 5.76. The zero-order valence-electron chi connectivity index (χ0n) is 11.4. The zero-order valence-corrected chi connectivity index (χ0v) is 11.4. The summed E-state index contributed by atoms with van der Waals surface area (Å²) in [6.45, 7) is 3.93. The Hall–Kier alpha value is -2.09. The average Bonchev–Trinajstić information content (AvgIpc) is 2.45. The van der Waals surface area contributed by atoms with Crippen LogP contribution in [0.5, 0.6) is 0 Å². The topological polar surface area (TPSA) is 29.1 Å². The molecule has 0 aliphatic carbocycles. The van der Waals surface area contributed by atoms with E-state index >= 15 is 0 Å². The molecule has 1 amide bonds. The molecule has 0 unspecified atom stereocenters.